The van der Waals surface area contributed by atoms with Crippen LogP contribution in [0.25, 0.3) is 0 Å². The zero-order valence-corrected chi connectivity index (χ0v) is 9.68. The van der Waals surface area contributed by atoms with E-state index in [9.17, 15) is 0 Å². The maximum Gasteiger partial charge on any atom is 0.0620 e. The van der Waals surface area contributed by atoms with Crippen molar-refractivity contribution in [3.05, 3.63) is 0 Å². The first kappa shape index (κ1) is 10.7. The lowest BCUT2D eigenvalue weighted by Crippen LogP contribution is -2.29. The normalized spacial score (nSPS) is 23.2. The lowest BCUT2D eigenvalue weighted by molar-refractivity contribution is 0.190. The van der Waals surface area contributed by atoms with E-state index in [1.165, 1.54) is 36.7 Å². The maximum absolute atomic E-state index is 5.27. The van der Waals surface area contributed by atoms with Crippen LogP contribution in [0.1, 0.15) is 25.7 Å². The van der Waals surface area contributed by atoms with Crippen LogP contribution < -0.4 is 5.32 Å². The molecule has 1 rings (SSSR count). The molecule has 0 aliphatic carbocycles. The third-order valence-corrected chi connectivity index (χ3v) is 2.94. The fraction of sp³-hybridized carbons (Fsp3) is 1.00. The van der Waals surface area contributed by atoms with E-state index in [4.69, 9.17) is 4.74 Å². The third kappa shape index (κ3) is 4.62. The summed E-state index contributed by atoms with van der Waals surface area (Å²) in [6, 6.07) is 0.643. The van der Waals surface area contributed by atoms with Crippen molar-refractivity contribution < 1.29 is 4.74 Å². The number of alkyl halides is 1. The first-order valence-electron chi connectivity index (χ1n) is 4.80. The van der Waals surface area contributed by atoms with Crippen LogP contribution in [0.2, 0.25) is 0 Å². The molecule has 0 bridgehead atoms. The molecule has 0 spiro atoms. The number of halogens is 1. The van der Waals surface area contributed by atoms with E-state index >= 15 is 0 Å². The Morgan fingerprint density at radius 2 is 2.25 bits per heavy atom. The molecule has 1 aliphatic rings. The summed E-state index contributed by atoms with van der Waals surface area (Å²) in [5.41, 5.74) is 0. The second kappa shape index (κ2) is 7.09. The van der Waals surface area contributed by atoms with Crippen LogP contribution in [0.5, 0.6) is 0 Å². The lowest BCUT2D eigenvalue weighted by atomic mass is 10.2. The molecule has 1 saturated heterocycles. The van der Waals surface area contributed by atoms with Gasteiger partial charge in [-0.05, 0) is 30.2 Å². The van der Waals surface area contributed by atoms with Gasteiger partial charge < -0.3 is 10.1 Å². The van der Waals surface area contributed by atoms with Gasteiger partial charge in [-0.15, -0.1) is 0 Å². The number of rotatable bonds is 6. The molecular weight excluding hydrogens is 265 g/mol. The van der Waals surface area contributed by atoms with Crippen molar-refractivity contribution in [3.63, 3.8) is 0 Å². The van der Waals surface area contributed by atoms with Gasteiger partial charge in [-0.2, -0.15) is 0 Å². The first-order valence-corrected chi connectivity index (χ1v) is 6.33. The molecule has 1 heterocycles. The van der Waals surface area contributed by atoms with Crippen molar-refractivity contribution in [3.8, 4) is 0 Å². The number of unbranched alkanes of at least 4 members (excludes halogenated alkanes) is 2. The van der Waals surface area contributed by atoms with Gasteiger partial charge in [0.1, 0.15) is 0 Å². The first-order chi connectivity index (χ1) is 5.93. The minimum absolute atomic E-state index is 0.643. The Balaban J connectivity index is 1.81. The van der Waals surface area contributed by atoms with Gasteiger partial charge >= 0.3 is 0 Å². The summed E-state index contributed by atoms with van der Waals surface area (Å²) in [4.78, 5) is 0. The Kier molecular flexibility index (Phi) is 6.34. The third-order valence-electron chi connectivity index (χ3n) is 2.17. The van der Waals surface area contributed by atoms with E-state index in [0.29, 0.717) is 6.04 Å². The molecule has 3 heteroatoms. The van der Waals surface area contributed by atoms with Gasteiger partial charge in [0.25, 0.3) is 0 Å². The summed E-state index contributed by atoms with van der Waals surface area (Å²) in [7, 11) is 0. The zero-order valence-electron chi connectivity index (χ0n) is 7.52. The van der Waals surface area contributed by atoms with Crippen LogP contribution >= 0.6 is 22.6 Å². The number of ether oxygens (including phenoxy) is 1. The number of hydrogen-bond acceptors (Lipinski definition) is 2. The molecule has 12 heavy (non-hydrogen) atoms. The van der Waals surface area contributed by atoms with Crippen LogP contribution in [0, 0.1) is 0 Å². The summed E-state index contributed by atoms with van der Waals surface area (Å²) < 4.78 is 6.57. The highest BCUT2D eigenvalue weighted by atomic mass is 127. The second-order valence-electron chi connectivity index (χ2n) is 3.26. The van der Waals surface area contributed by atoms with Crippen LogP contribution in [0.4, 0.5) is 0 Å². The van der Waals surface area contributed by atoms with Crippen molar-refractivity contribution in [1.82, 2.24) is 5.32 Å². The van der Waals surface area contributed by atoms with Gasteiger partial charge in [0.2, 0.25) is 0 Å². The molecule has 0 aromatic rings. The number of nitrogens with one attached hydrogen (secondary N) is 1. The van der Waals surface area contributed by atoms with Gasteiger partial charge in [-0.25, -0.2) is 0 Å². The smallest absolute Gasteiger partial charge is 0.0620 e. The van der Waals surface area contributed by atoms with Crippen LogP contribution in [-0.4, -0.2) is 30.2 Å². The van der Waals surface area contributed by atoms with Gasteiger partial charge in [-0.1, -0.05) is 29.0 Å². The largest absolute Gasteiger partial charge is 0.380 e. The Morgan fingerprint density at radius 3 is 2.92 bits per heavy atom. The topological polar surface area (TPSA) is 21.3 Å². The summed E-state index contributed by atoms with van der Waals surface area (Å²) in [5.74, 6) is 0. The Labute approximate surface area is 88.6 Å². The second-order valence-corrected chi connectivity index (χ2v) is 4.34. The summed E-state index contributed by atoms with van der Waals surface area (Å²) >= 11 is 2.44. The van der Waals surface area contributed by atoms with E-state index < -0.39 is 0 Å². The standard InChI is InChI=1S/C9H18INO/c10-5-2-1-3-6-11-9-4-7-12-8-9/h9,11H,1-8H2. The van der Waals surface area contributed by atoms with E-state index in [2.05, 4.69) is 27.9 Å². The SMILES string of the molecule is ICCCCCNC1CCOC1. The average molecular weight is 283 g/mol. The van der Waals surface area contributed by atoms with Crippen molar-refractivity contribution >= 4 is 22.6 Å². The molecule has 0 radical (unpaired) electrons. The van der Waals surface area contributed by atoms with Crippen molar-refractivity contribution in [2.75, 3.05) is 24.2 Å². The lowest BCUT2D eigenvalue weighted by Gasteiger charge is -2.09. The average Bonchev–Trinajstić information content (AvgIpc) is 2.57. The van der Waals surface area contributed by atoms with Gasteiger partial charge in [0.15, 0.2) is 0 Å². The molecule has 0 aromatic heterocycles. The molecule has 2 nitrogen and oxygen atoms in total. The molecule has 1 fully saturated rings. The van der Waals surface area contributed by atoms with Crippen LogP contribution in [-0.2, 0) is 4.74 Å². The molecule has 0 amide bonds. The highest BCUT2D eigenvalue weighted by Crippen LogP contribution is 2.04. The van der Waals surface area contributed by atoms with Crippen LogP contribution in [0.3, 0.4) is 0 Å². The quantitative estimate of drug-likeness (QED) is 0.457. The predicted octanol–water partition coefficient (Wildman–Crippen LogP) is 1.97. The summed E-state index contributed by atoms with van der Waals surface area (Å²) in [5, 5.41) is 3.51. The van der Waals surface area contributed by atoms with Crippen LogP contribution in [0.15, 0.2) is 0 Å². The minimum Gasteiger partial charge on any atom is -0.380 e. The number of hydrogen-bond donors (Lipinski definition) is 1. The van der Waals surface area contributed by atoms with Crippen molar-refractivity contribution in [2.45, 2.75) is 31.7 Å². The molecule has 0 aromatic carbocycles. The van der Waals surface area contributed by atoms with E-state index in [0.717, 1.165) is 13.2 Å². The Morgan fingerprint density at radius 1 is 1.33 bits per heavy atom. The van der Waals surface area contributed by atoms with E-state index in [-0.39, 0.29) is 0 Å². The molecular formula is C9H18INO. The minimum atomic E-state index is 0.643. The summed E-state index contributed by atoms with van der Waals surface area (Å²) in [6.07, 6.45) is 5.25. The van der Waals surface area contributed by atoms with Crippen molar-refractivity contribution in [1.29, 1.82) is 0 Å². The van der Waals surface area contributed by atoms with Gasteiger partial charge in [-0.3, -0.25) is 0 Å². The Bertz CT molecular complexity index is 105. The zero-order chi connectivity index (χ0) is 8.65. The fourth-order valence-corrected chi connectivity index (χ4v) is 1.94. The van der Waals surface area contributed by atoms with E-state index in [1.807, 2.05) is 0 Å². The Hall–Kier alpha value is 0.650. The molecule has 1 atom stereocenters. The monoisotopic (exact) mass is 283 g/mol. The maximum atomic E-state index is 5.27. The highest BCUT2D eigenvalue weighted by Gasteiger charge is 2.13. The predicted molar refractivity (Wildman–Crippen MR) is 60.0 cm³/mol. The fourth-order valence-electron chi connectivity index (χ4n) is 1.40. The molecule has 72 valence electrons. The molecule has 1 aliphatic heterocycles. The summed E-state index contributed by atoms with van der Waals surface area (Å²) in [6.45, 7) is 3.04. The van der Waals surface area contributed by atoms with E-state index in [1.54, 1.807) is 0 Å². The van der Waals surface area contributed by atoms with Crippen molar-refractivity contribution in [2.24, 2.45) is 0 Å². The van der Waals surface area contributed by atoms with Gasteiger partial charge in [0, 0.05) is 12.6 Å². The van der Waals surface area contributed by atoms with Gasteiger partial charge in [0.05, 0.1) is 6.61 Å². The molecule has 1 unspecified atom stereocenters. The highest BCUT2D eigenvalue weighted by molar-refractivity contribution is 14.1. The molecule has 1 N–H and O–H groups in total. The molecule has 0 saturated carbocycles.